The first-order valence-corrected chi connectivity index (χ1v) is 8.97. The molecule has 1 fully saturated rings. The number of ether oxygens (including phenoxy) is 1. The molecule has 0 bridgehead atoms. The lowest BCUT2D eigenvalue weighted by Gasteiger charge is -2.26. The summed E-state index contributed by atoms with van der Waals surface area (Å²) < 4.78 is 5.32. The molecular formula is C17H22N4O2S. The van der Waals surface area contributed by atoms with Gasteiger partial charge in [-0.25, -0.2) is 4.98 Å². The number of aryl methyl sites for hydroxylation is 1. The quantitative estimate of drug-likeness (QED) is 0.859. The third-order valence-corrected chi connectivity index (χ3v) is 5.18. The Kier molecular flexibility index (Phi) is 5.90. The van der Waals surface area contributed by atoms with Gasteiger partial charge >= 0.3 is 0 Å². The minimum Gasteiger partial charge on any atom is -0.379 e. The van der Waals surface area contributed by atoms with Gasteiger partial charge in [0.1, 0.15) is 5.01 Å². The summed E-state index contributed by atoms with van der Waals surface area (Å²) in [5.41, 5.74) is 1.91. The van der Waals surface area contributed by atoms with Crippen molar-refractivity contribution >= 4 is 17.2 Å². The van der Waals surface area contributed by atoms with Crippen LogP contribution in [0.3, 0.4) is 0 Å². The monoisotopic (exact) mass is 346 g/mol. The van der Waals surface area contributed by atoms with Crippen LogP contribution in [0.1, 0.15) is 10.6 Å². The number of pyridine rings is 1. The smallest absolute Gasteiger partial charge is 0.225 e. The van der Waals surface area contributed by atoms with Crippen molar-refractivity contribution in [2.75, 3.05) is 39.4 Å². The second kappa shape index (κ2) is 8.32. The summed E-state index contributed by atoms with van der Waals surface area (Å²) in [6.07, 6.45) is 3.92. The highest BCUT2D eigenvalue weighted by molar-refractivity contribution is 7.15. The van der Waals surface area contributed by atoms with E-state index in [-0.39, 0.29) is 5.91 Å². The Balaban J connectivity index is 1.50. The number of carbonyl (C=O) groups is 1. The van der Waals surface area contributed by atoms with Crippen LogP contribution in [0, 0.1) is 6.92 Å². The molecular weight excluding hydrogens is 324 g/mol. The lowest BCUT2D eigenvalue weighted by molar-refractivity contribution is -0.120. The molecule has 0 spiro atoms. The summed E-state index contributed by atoms with van der Waals surface area (Å²) >= 11 is 1.56. The van der Waals surface area contributed by atoms with E-state index >= 15 is 0 Å². The van der Waals surface area contributed by atoms with Crippen molar-refractivity contribution in [3.05, 3.63) is 35.1 Å². The molecule has 0 saturated carbocycles. The third kappa shape index (κ3) is 4.59. The third-order valence-electron chi connectivity index (χ3n) is 3.98. The summed E-state index contributed by atoms with van der Waals surface area (Å²) in [6, 6.07) is 3.88. The number of rotatable bonds is 6. The van der Waals surface area contributed by atoms with Crippen LogP contribution in [-0.4, -0.2) is 60.2 Å². The minimum atomic E-state index is 0.0488. The lowest BCUT2D eigenvalue weighted by atomic mass is 10.3. The molecule has 1 aliphatic rings. The predicted octanol–water partition coefficient (Wildman–Crippen LogP) is 1.50. The summed E-state index contributed by atoms with van der Waals surface area (Å²) in [5, 5.41) is 3.91. The normalized spacial score (nSPS) is 15.4. The molecule has 1 N–H and O–H groups in total. The average Bonchev–Trinajstić information content (AvgIpc) is 2.97. The van der Waals surface area contributed by atoms with Crippen molar-refractivity contribution < 1.29 is 9.53 Å². The standard InChI is InChI=1S/C17H22N4O2S/c1-13-15(24-17(20-13)14-3-2-4-18-12-14)11-16(22)19-5-6-21-7-9-23-10-8-21/h2-4,12H,5-11H2,1H3,(H,19,22). The van der Waals surface area contributed by atoms with Crippen LogP contribution in [0.15, 0.2) is 24.5 Å². The van der Waals surface area contributed by atoms with E-state index in [1.54, 1.807) is 23.7 Å². The number of hydrogen-bond donors (Lipinski definition) is 1. The molecule has 0 radical (unpaired) electrons. The average molecular weight is 346 g/mol. The van der Waals surface area contributed by atoms with Gasteiger partial charge in [-0.2, -0.15) is 0 Å². The van der Waals surface area contributed by atoms with Crippen LogP contribution in [0.5, 0.6) is 0 Å². The molecule has 1 saturated heterocycles. The van der Waals surface area contributed by atoms with Crippen molar-refractivity contribution in [1.29, 1.82) is 0 Å². The highest BCUT2D eigenvalue weighted by Crippen LogP contribution is 2.27. The molecule has 3 rings (SSSR count). The van der Waals surface area contributed by atoms with Gasteiger partial charge in [-0.05, 0) is 19.1 Å². The number of amides is 1. The molecule has 128 valence electrons. The largest absolute Gasteiger partial charge is 0.379 e. The van der Waals surface area contributed by atoms with Gasteiger partial charge in [-0.3, -0.25) is 14.7 Å². The summed E-state index contributed by atoms with van der Waals surface area (Å²) in [7, 11) is 0. The van der Waals surface area contributed by atoms with Crippen molar-refractivity contribution in [1.82, 2.24) is 20.2 Å². The maximum absolute atomic E-state index is 12.2. The zero-order valence-electron chi connectivity index (χ0n) is 13.8. The van der Waals surface area contributed by atoms with E-state index < -0.39 is 0 Å². The number of hydrogen-bond acceptors (Lipinski definition) is 6. The molecule has 1 amide bonds. The van der Waals surface area contributed by atoms with Crippen LogP contribution in [0.4, 0.5) is 0 Å². The number of aromatic nitrogens is 2. The van der Waals surface area contributed by atoms with E-state index in [4.69, 9.17) is 4.74 Å². The number of morpholine rings is 1. The zero-order chi connectivity index (χ0) is 16.8. The second-order valence-electron chi connectivity index (χ2n) is 5.75. The first kappa shape index (κ1) is 17.0. The van der Waals surface area contributed by atoms with Crippen LogP contribution < -0.4 is 5.32 Å². The topological polar surface area (TPSA) is 67.4 Å². The molecule has 0 atom stereocenters. The van der Waals surface area contributed by atoms with E-state index in [2.05, 4.69) is 20.2 Å². The number of nitrogens with one attached hydrogen (secondary N) is 1. The molecule has 2 aromatic heterocycles. The fourth-order valence-electron chi connectivity index (χ4n) is 2.59. The first-order chi connectivity index (χ1) is 11.7. The highest BCUT2D eigenvalue weighted by Gasteiger charge is 2.14. The van der Waals surface area contributed by atoms with Gasteiger partial charge in [0.2, 0.25) is 5.91 Å². The maximum atomic E-state index is 12.2. The minimum absolute atomic E-state index is 0.0488. The molecule has 24 heavy (non-hydrogen) atoms. The van der Waals surface area contributed by atoms with Gasteiger partial charge in [-0.15, -0.1) is 11.3 Å². The van der Waals surface area contributed by atoms with Gasteiger partial charge in [0.05, 0.1) is 25.3 Å². The van der Waals surface area contributed by atoms with Crippen LogP contribution in [0.2, 0.25) is 0 Å². The summed E-state index contributed by atoms with van der Waals surface area (Å²) in [4.78, 5) is 24.2. The van der Waals surface area contributed by atoms with E-state index in [9.17, 15) is 4.79 Å². The fraction of sp³-hybridized carbons (Fsp3) is 0.471. The van der Waals surface area contributed by atoms with Gasteiger partial charge in [0, 0.05) is 49.0 Å². The highest BCUT2D eigenvalue weighted by atomic mass is 32.1. The van der Waals surface area contributed by atoms with Crippen LogP contribution in [-0.2, 0) is 16.0 Å². The Labute approximate surface area is 145 Å². The molecule has 6 nitrogen and oxygen atoms in total. The van der Waals surface area contributed by atoms with Gasteiger partial charge < -0.3 is 10.1 Å². The predicted molar refractivity (Wildman–Crippen MR) is 94.1 cm³/mol. The summed E-state index contributed by atoms with van der Waals surface area (Å²) in [6.45, 7) is 6.95. The van der Waals surface area contributed by atoms with Crippen molar-refractivity contribution in [3.63, 3.8) is 0 Å². The second-order valence-corrected chi connectivity index (χ2v) is 6.83. The van der Waals surface area contributed by atoms with E-state index in [1.807, 2.05) is 19.1 Å². The van der Waals surface area contributed by atoms with Crippen molar-refractivity contribution in [3.8, 4) is 10.6 Å². The SMILES string of the molecule is Cc1nc(-c2cccnc2)sc1CC(=O)NCCN1CCOCC1. The van der Waals surface area contributed by atoms with E-state index in [1.165, 1.54) is 0 Å². The summed E-state index contributed by atoms with van der Waals surface area (Å²) in [5.74, 6) is 0.0488. The lowest BCUT2D eigenvalue weighted by Crippen LogP contribution is -2.41. The van der Waals surface area contributed by atoms with Crippen molar-refractivity contribution in [2.24, 2.45) is 0 Å². The first-order valence-electron chi connectivity index (χ1n) is 8.16. The van der Waals surface area contributed by atoms with Crippen LogP contribution in [0.25, 0.3) is 10.6 Å². The number of nitrogens with zero attached hydrogens (tertiary/aromatic N) is 3. The molecule has 3 heterocycles. The maximum Gasteiger partial charge on any atom is 0.225 e. The van der Waals surface area contributed by atoms with Crippen molar-refractivity contribution in [2.45, 2.75) is 13.3 Å². The Bertz CT molecular complexity index is 668. The molecule has 0 aliphatic carbocycles. The van der Waals surface area contributed by atoms with E-state index in [0.29, 0.717) is 13.0 Å². The Morgan fingerprint density at radius 3 is 3.00 bits per heavy atom. The van der Waals surface area contributed by atoms with Gasteiger partial charge in [0.15, 0.2) is 0 Å². The molecule has 0 unspecified atom stereocenters. The zero-order valence-corrected chi connectivity index (χ0v) is 14.6. The van der Waals surface area contributed by atoms with Gasteiger partial charge in [-0.1, -0.05) is 0 Å². The Hall–Kier alpha value is -1.83. The fourth-order valence-corrected chi connectivity index (χ4v) is 3.64. The van der Waals surface area contributed by atoms with Gasteiger partial charge in [0.25, 0.3) is 0 Å². The van der Waals surface area contributed by atoms with Crippen LogP contribution >= 0.6 is 11.3 Å². The Morgan fingerprint density at radius 2 is 2.25 bits per heavy atom. The molecule has 0 aromatic carbocycles. The van der Waals surface area contributed by atoms with E-state index in [0.717, 1.165) is 54.0 Å². The number of carbonyl (C=O) groups excluding carboxylic acids is 1. The molecule has 2 aromatic rings. The number of thiazole rings is 1. The Morgan fingerprint density at radius 1 is 1.42 bits per heavy atom. The molecule has 7 heteroatoms. The molecule has 1 aliphatic heterocycles.